The molecule has 198 valence electrons. The van der Waals surface area contributed by atoms with Crippen molar-refractivity contribution in [1.82, 2.24) is 0 Å². The summed E-state index contributed by atoms with van der Waals surface area (Å²) in [6.07, 6.45) is 7.98. The SMILES string of the molecule is C[Si](C)(CC[Si](C)(C)C1(CCc2ccccc2)SCCCS1)C1(CCc2ccccc2)SCCCS1. The van der Waals surface area contributed by atoms with E-state index in [2.05, 4.69) is 134 Å². The first-order chi connectivity index (χ1) is 17.3. The fourth-order valence-corrected chi connectivity index (χ4v) is 27.4. The van der Waals surface area contributed by atoms with Gasteiger partial charge in [0.25, 0.3) is 0 Å². The van der Waals surface area contributed by atoms with Crippen molar-refractivity contribution in [3.05, 3.63) is 71.8 Å². The molecule has 0 bridgehead atoms. The van der Waals surface area contributed by atoms with Crippen LogP contribution in [0.25, 0.3) is 0 Å². The van der Waals surface area contributed by atoms with Crippen LogP contribution in [-0.2, 0) is 12.8 Å². The molecule has 4 rings (SSSR count). The van der Waals surface area contributed by atoms with Crippen LogP contribution in [-0.4, -0.2) is 46.6 Å². The van der Waals surface area contributed by atoms with E-state index in [1.165, 1.54) is 84.8 Å². The van der Waals surface area contributed by atoms with Crippen molar-refractivity contribution in [1.29, 1.82) is 0 Å². The lowest BCUT2D eigenvalue weighted by atomic mass is 10.1. The third-order valence-electron chi connectivity index (χ3n) is 8.53. The van der Waals surface area contributed by atoms with E-state index in [4.69, 9.17) is 0 Å². The normalized spacial score (nSPS) is 20.2. The molecule has 0 atom stereocenters. The number of thioether (sulfide) groups is 4. The van der Waals surface area contributed by atoms with Crippen LogP contribution in [0, 0.1) is 0 Å². The van der Waals surface area contributed by atoms with Crippen molar-refractivity contribution in [2.24, 2.45) is 0 Å². The molecular formula is C30H46S4Si2. The van der Waals surface area contributed by atoms with E-state index < -0.39 is 16.1 Å². The molecule has 2 saturated heterocycles. The Labute approximate surface area is 240 Å². The summed E-state index contributed by atoms with van der Waals surface area (Å²) in [5, 5.41) is 0. The van der Waals surface area contributed by atoms with Gasteiger partial charge >= 0.3 is 0 Å². The Hall–Kier alpha value is 0.274. The monoisotopic (exact) mass is 590 g/mol. The Balaban J connectivity index is 1.47. The first-order valence-electron chi connectivity index (χ1n) is 13.9. The fourth-order valence-electron chi connectivity index (χ4n) is 5.81. The molecule has 0 N–H and O–H groups in total. The van der Waals surface area contributed by atoms with Gasteiger partial charge in [0.15, 0.2) is 0 Å². The van der Waals surface area contributed by atoms with Crippen molar-refractivity contribution >= 4 is 63.2 Å². The van der Waals surface area contributed by atoms with Gasteiger partial charge in [0.2, 0.25) is 0 Å². The molecular weight excluding hydrogens is 545 g/mol. The van der Waals surface area contributed by atoms with Crippen molar-refractivity contribution in [2.75, 3.05) is 23.0 Å². The molecule has 36 heavy (non-hydrogen) atoms. The van der Waals surface area contributed by atoms with Gasteiger partial charge in [0.1, 0.15) is 0 Å². The van der Waals surface area contributed by atoms with E-state index in [0.29, 0.717) is 7.40 Å². The largest absolute Gasteiger partial charge is 0.148 e. The van der Waals surface area contributed by atoms with Gasteiger partial charge in [-0.15, -0.1) is 47.0 Å². The predicted octanol–water partition coefficient (Wildman–Crippen LogP) is 9.88. The van der Waals surface area contributed by atoms with E-state index in [0.717, 1.165) is 0 Å². The molecule has 0 aliphatic carbocycles. The van der Waals surface area contributed by atoms with Crippen molar-refractivity contribution in [3.8, 4) is 0 Å². The highest BCUT2D eigenvalue weighted by Crippen LogP contribution is 2.56. The first-order valence-corrected chi connectivity index (χ1v) is 24.3. The summed E-state index contributed by atoms with van der Waals surface area (Å²) in [5.74, 6) is 5.47. The molecule has 0 aromatic heterocycles. The predicted molar refractivity (Wildman–Crippen MR) is 179 cm³/mol. The lowest BCUT2D eigenvalue weighted by Gasteiger charge is -2.51. The van der Waals surface area contributed by atoms with E-state index >= 15 is 0 Å². The molecule has 2 aliphatic heterocycles. The van der Waals surface area contributed by atoms with Gasteiger partial charge in [0.05, 0.1) is 23.6 Å². The average molecular weight is 591 g/mol. The van der Waals surface area contributed by atoms with Crippen LogP contribution in [0.2, 0.25) is 38.3 Å². The average Bonchev–Trinajstić information content (AvgIpc) is 2.92. The molecule has 2 heterocycles. The Kier molecular flexibility index (Phi) is 10.6. The molecule has 0 unspecified atom stereocenters. The van der Waals surface area contributed by atoms with E-state index in [1.807, 2.05) is 0 Å². The first kappa shape index (κ1) is 29.3. The van der Waals surface area contributed by atoms with Gasteiger partial charge in [-0.25, -0.2) is 0 Å². The van der Waals surface area contributed by atoms with Crippen molar-refractivity contribution < 1.29 is 0 Å². The Bertz CT molecular complexity index is 843. The second kappa shape index (κ2) is 13.1. The number of benzene rings is 2. The lowest BCUT2D eigenvalue weighted by molar-refractivity contribution is 0.818. The van der Waals surface area contributed by atoms with Crippen LogP contribution in [0.5, 0.6) is 0 Å². The zero-order valence-corrected chi connectivity index (χ0v) is 28.2. The summed E-state index contributed by atoms with van der Waals surface area (Å²) >= 11 is 9.44. The summed E-state index contributed by atoms with van der Waals surface area (Å²) < 4.78 is 0.964. The molecule has 2 aliphatic rings. The van der Waals surface area contributed by atoms with Gasteiger partial charge in [-0.05, 0) is 72.7 Å². The number of hydrogen-bond acceptors (Lipinski definition) is 4. The van der Waals surface area contributed by atoms with Crippen LogP contribution in [0.1, 0.15) is 36.8 Å². The van der Waals surface area contributed by atoms with Crippen LogP contribution >= 0.6 is 47.0 Å². The second-order valence-electron chi connectivity index (χ2n) is 11.8. The zero-order chi connectivity index (χ0) is 25.5. The van der Waals surface area contributed by atoms with Crippen LogP contribution < -0.4 is 0 Å². The molecule has 0 nitrogen and oxygen atoms in total. The minimum Gasteiger partial charge on any atom is -0.148 e. The smallest absolute Gasteiger partial charge is 0.0779 e. The minimum atomic E-state index is -1.46. The third-order valence-corrected chi connectivity index (χ3v) is 31.1. The lowest BCUT2D eigenvalue weighted by Crippen LogP contribution is -2.55. The highest BCUT2D eigenvalue weighted by molar-refractivity contribution is 8.21. The van der Waals surface area contributed by atoms with Gasteiger partial charge in [-0.1, -0.05) is 98.9 Å². The molecule has 0 saturated carbocycles. The molecule has 6 heteroatoms. The quantitative estimate of drug-likeness (QED) is 0.239. The van der Waals surface area contributed by atoms with E-state index in [1.54, 1.807) is 0 Å². The number of aryl methyl sites for hydroxylation is 2. The maximum atomic E-state index is 2.76. The van der Waals surface area contributed by atoms with Gasteiger partial charge in [-0.2, -0.15) is 0 Å². The molecule has 2 aromatic carbocycles. The fraction of sp³-hybridized carbons (Fsp3) is 0.600. The molecule has 2 fully saturated rings. The van der Waals surface area contributed by atoms with Crippen LogP contribution in [0.4, 0.5) is 0 Å². The van der Waals surface area contributed by atoms with Crippen molar-refractivity contribution in [2.45, 2.75) is 84.2 Å². The Morgan fingerprint density at radius 2 is 0.889 bits per heavy atom. The highest BCUT2D eigenvalue weighted by atomic mass is 32.2. The topological polar surface area (TPSA) is 0 Å². The summed E-state index contributed by atoms with van der Waals surface area (Å²) in [5.41, 5.74) is 3.05. The third kappa shape index (κ3) is 7.07. The van der Waals surface area contributed by atoms with E-state index in [9.17, 15) is 0 Å². The maximum Gasteiger partial charge on any atom is 0.0779 e. The Morgan fingerprint density at radius 1 is 0.556 bits per heavy atom. The summed E-state index contributed by atoms with van der Waals surface area (Å²) in [4.78, 5) is 0. The molecule has 2 aromatic rings. The number of hydrogen-bond donors (Lipinski definition) is 0. The highest BCUT2D eigenvalue weighted by Gasteiger charge is 2.52. The summed E-state index contributed by atoms with van der Waals surface area (Å²) in [6.45, 7) is 11.0. The maximum absolute atomic E-state index is 2.76. The summed E-state index contributed by atoms with van der Waals surface area (Å²) in [7, 11) is -2.92. The van der Waals surface area contributed by atoms with Gasteiger partial charge in [0, 0.05) is 0 Å². The standard InChI is InChI=1S/C30H46S4Si2/c1-35(2,29(31-21-11-22-32-29)19-17-27-13-7-5-8-14-27)25-26-36(3,4)30(33-23-12-24-34-30)20-18-28-15-9-6-10-16-28/h5-10,13-16H,11-12,17-26H2,1-4H3. The van der Waals surface area contributed by atoms with Crippen molar-refractivity contribution in [3.63, 3.8) is 0 Å². The second-order valence-corrected chi connectivity index (χ2v) is 29.6. The molecule has 0 amide bonds. The Morgan fingerprint density at radius 3 is 1.22 bits per heavy atom. The van der Waals surface area contributed by atoms with Gasteiger partial charge in [-0.3, -0.25) is 0 Å². The molecule has 0 radical (unpaired) electrons. The van der Waals surface area contributed by atoms with Crippen LogP contribution in [0.3, 0.4) is 0 Å². The minimum absolute atomic E-state index is 0.482. The number of rotatable bonds is 11. The summed E-state index contributed by atoms with van der Waals surface area (Å²) in [6, 6.07) is 25.5. The van der Waals surface area contributed by atoms with Crippen LogP contribution in [0.15, 0.2) is 60.7 Å². The molecule has 0 spiro atoms. The van der Waals surface area contributed by atoms with E-state index in [-0.39, 0.29) is 0 Å². The zero-order valence-electron chi connectivity index (χ0n) is 22.9. The van der Waals surface area contributed by atoms with Gasteiger partial charge < -0.3 is 0 Å².